The van der Waals surface area contributed by atoms with Gasteiger partial charge in [-0.2, -0.15) is 0 Å². The third-order valence-corrected chi connectivity index (χ3v) is 1.26. The monoisotopic (exact) mass is 123 g/mol. The minimum Gasteiger partial charge on any atom is -0.461 e. The Hall–Kier alpha value is -1.18. The van der Waals surface area contributed by atoms with Crippen molar-refractivity contribution in [2.24, 2.45) is 0 Å². The molecule has 0 aliphatic heterocycles. The summed E-state index contributed by atoms with van der Waals surface area (Å²) in [6.07, 6.45) is 1.62. The van der Waals surface area contributed by atoms with Gasteiger partial charge in [0.15, 0.2) is 11.2 Å². The SMILES string of the molecule is Cc1cc2occc2o1.[H+]. The van der Waals surface area contributed by atoms with E-state index < -0.39 is 0 Å². The Morgan fingerprint density at radius 1 is 1.44 bits per heavy atom. The fourth-order valence-electron chi connectivity index (χ4n) is 0.886. The standard InChI is InChI=1S/C7H6O2/c1-5-4-7-6(9-5)2-3-8-7/h2-4H,1H3/p+1. The van der Waals surface area contributed by atoms with Gasteiger partial charge in [0.1, 0.15) is 5.76 Å². The van der Waals surface area contributed by atoms with E-state index >= 15 is 0 Å². The molecule has 0 amide bonds. The molecule has 46 valence electrons. The predicted octanol–water partition coefficient (Wildman–Crippen LogP) is 2.45. The van der Waals surface area contributed by atoms with Gasteiger partial charge in [0.05, 0.1) is 6.26 Å². The Bertz CT molecular complexity index is 292. The van der Waals surface area contributed by atoms with Gasteiger partial charge in [-0.3, -0.25) is 0 Å². The number of hydrogen-bond acceptors (Lipinski definition) is 2. The maximum absolute atomic E-state index is 5.21. The summed E-state index contributed by atoms with van der Waals surface area (Å²) >= 11 is 0. The molecule has 0 bridgehead atoms. The molecule has 2 heterocycles. The highest BCUT2D eigenvalue weighted by atomic mass is 16.4. The van der Waals surface area contributed by atoms with E-state index in [1.54, 1.807) is 6.26 Å². The van der Waals surface area contributed by atoms with E-state index in [0.29, 0.717) is 0 Å². The zero-order valence-electron chi connectivity index (χ0n) is 6.05. The fraction of sp³-hybridized carbons (Fsp3) is 0.143. The summed E-state index contributed by atoms with van der Waals surface area (Å²) in [5.41, 5.74) is 1.65. The molecular formula is C7H7O2+. The van der Waals surface area contributed by atoms with E-state index in [1.807, 2.05) is 19.1 Å². The summed E-state index contributed by atoms with van der Waals surface area (Å²) in [4.78, 5) is 0. The largest absolute Gasteiger partial charge is 1.00 e. The molecule has 0 fully saturated rings. The summed E-state index contributed by atoms with van der Waals surface area (Å²) < 4.78 is 10.3. The average molecular weight is 123 g/mol. The maximum Gasteiger partial charge on any atom is 1.00 e. The summed E-state index contributed by atoms with van der Waals surface area (Å²) in [6.45, 7) is 1.90. The summed E-state index contributed by atoms with van der Waals surface area (Å²) in [5, 5.41) is 0. The Morgan fingerprint density at radius 2 is 2.33 bits per heavy atom. The molecule has 2 heteroatoms. The smallest absolute Gasteiger partial charge is 0.461 e. The molecule has 0 saturated heterocycles. The number of hydrogen-bond donors (Lipinski definition) is 0. The van der Waals surface area contributed by atoms with E-state index in [1.165, 1.54) is 0 Å². The van der Waals surface area contributed by atoms with Crippen LogP contribution in [0.3, 0.4) is 0 Å². The lowest BCUT2D eigenvalue weighted by Crippen LogP contribution is -1.51. The van der Waals surface area contributed by atoms with Crippen LogP contribution in [0.5, 0.6) is 0 Å². The van der Waals surface area contributed by atoms with E-state index in [-0.39, 0.29) is 1.43 Å². The van der Waals surface area contributed by atoms with Crippen LogP contribution in [0.1, 0.15) is 7.19 Å². The first kappa shape index (κ1) is 4.68. The van der Waals surface area contributed by atoms with Crippen molar-refractivity contribution in [3.63, 3.8) is 0 Å². The molecule has 0 unspecified atom stereocenters. The van der Waals surface area contributed by atoms with Crippen LogP contribution >= 0.6 is 0 Å². The van der Waals surface area contributed by atoms with E-state index in [9.17, 15) is 0 Å². The Labute approximate surface area is 53.6 Å². The van der Waals surface area contributed by atoms with E-state index in [2.05, 4.69) is 0 Å². The summed E-state index contributed by atoms with van der Waals surface area (Å²) in [7, 11) is 0. The molecule has 0 saturated carbocycles. The zero-order chi connectivity index (χ0) is 6.27. The van der Waals surface area contributed by atoms with Crippen LogP contribution < -0.4 is 0 Å². The van der Waals surface area contributed by atoms with Crippen LogP contribution in [-0.2, 0) is 0 Å². The van der Waals surface area contributed by atoms with Crippen LogP contribution in [0.4, 0.5) is 0 Å². The van der Waals surface area contributed by atoms with Crippen molar-refractivity contribution >= 4 is 11.2 Å². The highest BCUT2D eigenvalue weighted by molar-refractivity contribution is 5.70. The molecule has 0 aromatic carbocycles. The maximum atomic E-state index is 5.21. The number of aryl methyl sites for hydroxylation is 1. The third kappa shape index (κ3) is 0.560. The molecule has 2 aromatic heterocycles. The third-order valence-electron chi connectivity index (χ3n) is 1.26. The quantitative estimate of drug-likeness (QED) is 0.537. The molecule has 0 N–H and O–H groups in total. The highest BCUT2D eigenvalue weighted by Gasteiger charge is 1.99. The lowest BCUT2D eigenvalue weighted by atomic mass is 10.5. The molecule has 2 nitrogen and oxygen atoms in total. The van der Waals surface area contributed by atoms with Gasteiger partial charge in [-0.15, -0.1) is 0 Å². The van der Waals surface area contributed by atoms with Gasteiger partial charge in [-0.05, 0) is 6.92 Å². The Balaban J connectivity index is 0.000000500. The lowest BCUT2D eigenvalue weighted by molar-refractivity contribution is 0.578. The van der Waals surface area contributed by atoms with Crippen LogP contribution in [0.2, 0.25) is 0 Å². The van der Waals surface area contributed by atoms with Crippen molar-refractivity contribution in [1.82, 2.24) is 0 Å². The zero-order valence-corrected chi connectivity index (χ0v) is 5.05. The molecule has 2 aromatic rings. The Morgan fingerprint density at radius 3 is 3.11 bits per heavy atom. The topological polar surface area (TPSA) is 26.3 Å². The number of furan rings is 2. The molecular weight excluding hydrogens is 116 g/mol. The first-order valence-electron chi connectivity index (χ1n) is 2.80. The summed E-state index contributed by atoms with van der Waals surface area (Å²) in [5.74, 6) is 0.893. The van der Waals surface area contributed by atoms with Crippen LogP contribution in [0.25, 0.3) is 11.2 Å². The number of fused-ring (bicyclic) bond motifs is 1. The molecule has 2 rings (SSSR count). The molecule has 0 radical (unpaired) electrons. The van der Waals surface area contributed by atoms with Crippen molar-refractivity contribution in [1.29, 1.82) is 0 Å². The molecule has 9 heavy (non-hydrogen) atoms. The van der Waals surface area contributed by atoms with Crippen molar-refractivity contribution in [3.8, 4) is 0 Å². The van der Waals surface area contributed by atoms with Gasteiger partial charge >= 0.3 is 1.43 Å². The van der Waals surface area contributed by atoms with Crippen LogP contribution in [0.15, 0.2) is 27.2 Å². The second-order valence-corrected chi connectivity index (χ2v) is 2.01. The molecule has 0 aliphatic rings. The molecule has 0 atom stereocenters. The fourth-order valence-corrected chi connectivity index (χ4v) is 0.886. The van der Waals surface area contributed by atoms with Gasteiger partial charge in [0, 0.05) is 12.1 Å². The highest BCUT2D eigenvalue weighted by Crippen LogP contribution is 2.18. The van der Waals surface area contributed by atoms with E-state index in [0.717, 1.165) is 16.9 Å². The lowest BCUT2D eigenvalue weighted by Gasteiger charge is -1.72. The van der Waals surface area contributed by atoms with Crippen LogP contribution in [0, 0.1) is 6.92 Å². The van der Waals surface area contributed by atoms with Gasteiger partial charge in [-0.1, -0.05) is 0 Å². The minimum atomic E-state index is 0. The molecule has 0 spiro atoms. The molecule has 0 aliphatic carbocycles. The summed E-state index contributed by atoms with van der Waals surface area (Å²) in [6, 6.07) is 3.68. The second-order valence-electron chi connectivity index (χ2n) is 2.01. The normalized spacial score (nSPS) is 10.8. The van der Waals surface area contributed by atoms with E-state index in [4.69, 9.17) is 8.83 Å². The number of rotatable bonds is 0. The van der Waals surface area contributed by atoms with Crippen molar-refractivity contribution in [3.05, 3.63) is 24.2 Å². The van der Waals surface area contributed by atoms with Crippen molar-refractivity contribution in [2.45, 2.75) is 6.92 Å². The average Bonchev–Trinajstić information content (AvgIpc) is 2.22. The van der Waals surface area contributed by atoms with Gasteiger partial charge in [0.25, 0.3) is 0 Å². The van der Waals surface area contributed by atoms with Crippen molar-refractivity contribution < 1.29 is 10.3 Å². The predicted molar refractivity (Wildman–Crippen MR) is 34.3 cm³/mol. The van der Waals surface area contributed by atoms with Gasteiger partial charge < -0.3 is 8.83 Å². The first-order valence-corrected chi connectivity index (χ1v) is 2.80. The first-order chi connectivity index (χ1) is 4.36. The van der Waals surface area contributed by atoms with Gasteiger partial charge in [0.2, 0.25) is 0 Å². The minimum absolute atomic E-state index is 0. The van der Waals surface area contributed by atoms with Crippen molar-refractivity contribution in [2.75, 3.05) is 0 Å². The van der Waals surface area contributed by atoms with Gasteiger partial charge in [-0.25, -0.2) is 0 Å². The second kappa shape index (κ2) is 1.41. The Kier molecular flexibility index (Phi) is 0.730. The van der Waals surface area contributed by atoms with Crippen LogP contribution in [-0.4, -0.2) is 0 Å².